The van der Waals surface area contributed by atoms with E-state index in [1.807, 2.05) is 19.1 Å². The summed E-state index contributed by atoms with van der Waals surface area (Å²) in [5.74, 6) is 1.55. The van der Waals surface area contributed by atoms with Gasteiger partial charge in [0.15, 0.2) is 9.84 Å². The van der Waals surface area contributed by atoms with Crippen molar-refractivity contribution in [3.63, 3.8) is 0 Å². The van der Waals surface area contributed by atoms with Crippen LogP contribution in [-0.2, 0) is 14.6 Å². The summed E-state index contributed by atoms with van der Waals surface area (Å²) in [4.78, 5) is 13.0. The van der Waals surface area contributed by atoms with E-state index in [-0.39, 0.29) is 22.3 Å². The molecule has 1 aromatic carbocycles. The lowest BCUT2D eigenvalue weighted by molar-refractivity contribution is -0.384. The Hall–Kier alpha value is -2.43. The third-order valence-corrected chi connectivity index (χ3v) is 5.77. The average Bonchev–Trinajstić information content (AvgIpc) is 3.08. The zero-order chi connectivity index (χ0) is 20.3. The summed E-state index contributed by atoms with van der Waals surface area (Å²) in [7, 11) is -3.53. The van der Waals surface area contributed by atoms with E-state index in [1.165, 1.54) is 12.1 Å². The molecule has 1 unspecified atom stereocenters. The molecule has 152 valence electrons. The molecule has 2 aromatic rings. The maximum absolute atomic E-state index is 11.7. The first kappa shape index (κ1) is 20.3. The number of anilines is 1. The van der Waals surface area contributed by atoms with Crippen molar-refractivity contribution in [2.45, 2.75) is 17.9 Å². The number of nitro benzene ring substituents is 1. The minimum Gasteiger partial charge on any atom is -0.465 e. The normalized spacial score (nSPS) is 16.6. The Morgan fingerprint density at radius 1 is 1.25 bits per heavy atom. The minimum absolute atomic E-state index is 0.0869. The number of ether oxygens (including phenoxy) is 1. The lowest BCUT2D eigenvalue weighted by Crippen LogP contribution is -2.41. The number of aryl methyl sites for hydroxylation is 1. The summed E-state index contributed by atoms with van der Waals surface area (Å²) >= 11 is 0. The Labute approximate surface area is 163 Å². The van der Waals surface area contributed by atoms with Gasteiger partial charge in [-0.2, -0.15) is 0 Å². The zero-order valence-electron chi connectivity index (χ0n) is 15.8. The van der Waals surface area contributed by atoms with Crippen LogP contribution in [0.4, 0.5) is 11.4 Å². The van der Waals surface area contributed by atoms with Crippen LogP contribution < -0.4 is 5.32 Å². The molecule has 28 heavy (non-hydrogen) atoms. The number of furan rings is 1. The first-order valence-electron chi connectivity index (χ1n) is 8.86. The molecular formula is C18H23N3O6S. The molecule has 2 heterocycles. The van der Waals surface area contributed by atoms with Crippen molar-refractivity contribution in [2.75, 3.05) is 44.4 Å². The van der Waals surface area contributed by atoms with E-state index in [9.17, 15) is 18.5 Å². The van der Waals surface area contributed by atoms with Crippen LogP contribution in [0.25, 0.3) is 0 Å². The molecule has 1 atom stereocenters. The lowest BCUT2D eigenvalue weighted by Gasteiger charge is -2.33. The molecule has 1 aromatic heterocycles. The molecule has 1 N–H and O–H groups in total. The Balaban J connectivity index is 1.85. The number of benzene rings is 1. The predicted molar refractivity (Wildman–Crippen MR) is 103 cm³/mol. The lowest BCUT2D eigenvalue weighted by atomic mass is 10.1. The van der Waals surface area contributed by atoms with E-state index in [1.54, 1.807) is 0 Å². The first-order chi connectivity index (χ1) is 13.3. The van der Waals surface area contributed by atoms with E-state index in [2.05, 4.69) is 10.2 Å². The van der Waals surface area contributed by atoms with Crippen LogP contribution in [0, 0.1) is 17.0 Å². The van der Waals surface area contributed by atoms with Crippen LogP contribution in [-0.4, -0.2) is 57.3 Å². The highest BCUT2D eigenvalue weighted by Crippen LogP contribution is 2.30. The Kier molecular flexibility index (Phi) is 6.01. The van der Waals surface area contributed by atoms with E-state index in [0.717, 1.165) is 36.9 Å². The number of nitro groups is 1. The fourth-order valence-corrected chi connectivity index (χ4v) is 3.82. The maximum atomic E-state index is 11.7. The highest BCUT2D eigenvalue weighted by Gasteiger charge is 2.26. The highest BCUT2D eigenvalue weighted by atomic mass is 32.2. The first-order valence-corrected chi connectivity index (χ1v) is 10.8. The number of nitrogens with one attached hydrogen (secondary N) is 1. The number of hydrogen-bond acceptors (Lipinski definition) is 8. The van der Waals surface area contributed by atoms with Gasteiger partial charge in [-0.15, -0.1) is 0 Å². The largest absolute Gasteiger partial charge is 0.465 e. The number of hydrogen-bond donors (Lipinski definition) is 1. The van der Waals surface area contributed by atoms with Gasteiger partial charge in [0.2, 0.25) is 0 Å². The summed E-state index contributed by atoms with van der Waals surface area (Å²) < 4.78 is 34.6. The van der Waals surface area contributed by atoms with Crippen molar-refractivity contribution in [1.82, 2.24) is 4.90 Å². The number of sulfone groups is 1. The smallest absolute Gasteiger partial charge is 0.293 e. The Bertz CT molecular complexity index is 950. The summed E-state index contributed by atoms with van der Waals surface area (Å²) in [6.45, 7) is 4.90. The van der Waals surface area contributed by atoms with Gasteiger partial charge in [-0.25, -0.2) is 8.42 Å². The van der Waals surface area contributed by atoms with Crippen LogP contribution in [0.3, 0.4) is 0 Å². The van der Waals surface area contributed by atoms with Gasteiger partial charge < -0.3 is 14.5 Å². The van der Waals surface area contributed by atoms with Crippen LogP contribution in [0.2, 0.25) is 0 Å². The van der Waals surface area contributed by atoms with Crippen LogP contribution in [0.15, 0.2) is 39.6 Å². The topological polar surface area (TPSA) is 115 Å². The molecule has 0 aliphatic carbocycles. The van der Waals surface area contributed by atoms with Crippen molar-refractivity contribution in [3.8, 4) is 0 Å². The minimum atomic E-state index is -3.53. The maximum Gasteiger partial charge on any atom is 0.293 e. The van der Waals surface area contributed by atoms with Gasteiger partial charge >= 0.3 is 0 Å². The molecule has 0 bridgehead atoms. The fraction of sp³-hybridized carbons (Fsp3) is 0.444. The van der Waals surface area contributed by atoms with Crippen molar-refractivity contribution in [3.05, 3.63) is 52.0 Å². The molecular weight excluding hydrogens is 386 g/mol. The van der Waals surface area contributed by atoms with Crippen LogP contribution in [0.1, 0.15) is 17.6 Å². The van der Waals surface area contributed by atoms with Gasteiger partial charge in [0, 0.05) is 32.0 Å². The van der Waals surface area contributed by atoms with Crippen LogP contribution >= 0.6 is 0 Å². The Morgan fingerprint density at radius 3 is 2.54 bits per heavy atom. The molecule has 3 rings (SSSR count). The molecule has 9 nitrogen and oxygen atoms in total. The van der Waals surface area contributed by atoms with E-state index in [0.29, 0.717) is 19.8 Å². The van der Waals surface area contributed by atoms with Crippen molar-refractivity contribution >= 4 is 21.2 Å². The molecule has 0 amide bonds. The monoisotopic (exact) mass is 409 g/mol. The van der Waals surface area contributed by atoms with Gasteiger partial charge in [-0.3, -0.25) is 15.0 Å². The van der Waals surface area contributed by atoms with Gasteiger partial charge in [-0.1, -0.05) is 0 Å². The van der Waals surface area contributed by atoms with Gasteiger partial charge in [0.05, 0.1) is 29.1 Å². The second kappa shape index (κ2) is 8.29. The number of nitrogens with zero attached hydrogens (tertiary/aromatic N) is 2. The molecule has 1 saturated heterocycles. The molecule has 0 radical (unpaired) electrons. The molecule has 0 saturated carbocycles. The van der Waals surface area contributed by atoms with Gasteiger partial charge in [-0.05, 0) is 31.2 Å². The summed E-state index contributed by atoms with van der Waals surface area (Å²) in [5, 5.41) is 14.5. The van der Waals surface area contributed by atoms with Crippen molar-refractivity contribution in [1.29, 1.82) is 0 Å². The van der Waals surface area contributed by atoms with E-state index >= 15 is 0 Å². The third-order valence-electron chi connectivity index (χ3n) is 4.66. The fourth-order valence-electron chi connectivity index (χ4n) is 3.18. The van der Waals surface area contributed by atoms with Gasteiger partial charge in [0.25, 0.3) is 5.69 Å². The molecule has 1 aliphatic heterocycles. The van der Waals surface area contributed by atoms with E-state index < -0.39 is 14.8 Å². The standard InChI is InChI=1S/C18H23N3O6S/c1-13-3-6-18(27-13)17(20-7-9-26-10-8-20)12-19-15-5-4-14(28(2,24)25)11-16(15)21(22)23/h3-6,11,17,19H,7-10,12H2,1-2H3. The predicted octanol–water partition coefficient (Wildman–Crippen LogP) is 2.39. The SMILES string of the molecule is Cc1ccc(C(CNc2ccc(S(C)(=O)=O)cc2[N+](=O)[O-])N2CCOCC2)o1. The third kappa shape index (κ3) is 4.70. The van der Waals surface area contributed by atoms with Crippen LogP contribution in [0.5, 0.6) is 0 Å². The van der Waals surface area contributed by atoms with Crippen molar-refractivity contribution in [2.24, 2.45) is 0 Å². The zero-order valence-corrected chi connectivity index (χ0v) is 16.6. The van der Waals surface area contributed by atoms with Gasteiger partial charge in [0.1, 0.15) is 17.2 Å². The second-order valence-electron chi connectivity index (χ2n) is 6.70. The number of morpholine rings is 1. The number of rotatable bonds is 7. The molecule has 10 heteroatoms. The van der Waals surface area contributed by atoms with E-state index in [4.69, 9.17) is 9.15 Å². The second-order valence-corrected chi connectivity index (χ2v) is 8.72. The molecule has 1 aliphatic rings. The summed E-state index contributed by atoms with van der Waals surface area (Å²) in [5.41, 5.74) is -0.0155. The summed E-state index contributed by atoms with van der Waals surface area (Å²) in [6.07, 6.45) is 1.02. The van der Waals surface area contributed by atoms with Crippen molar-refractivity contribution < 1.29 is 22.5 Å². The quantitative estimate of drug-likeness (QED) is 0.547. The summed E-state index contributed by atoms with van der Waals surface area (Å²) in [6, 6.07) is 7.53. The average molecular weight is 409 g/mol. The molecule has 1 fully saturated rings. The highest BCUT2D eigenvalue weighted by molar-refractivity contribution is 7.90. The molecule has 0 spiro atoms. The Morgan fingerprint density at radius 2 is 1.96 bits per heavy atom.